The van der Waals surface area contributed by atoms with Crippen LogP contribution < -0.4 is 5.73 Å². The Morgan fingerprint density at radius 3 is 2.56 bits per heavy atom. The summed E-state index contributed by atoms with van der Waals surface area (Å²) in [6, 6.07) is 9.45. The molecule has 1 fully saturated rings. The van der Waals surface area contributed by atoms with E-state index in [1.54, 1.807) is 20.7 Å². The monoisotopic (exact) mass is 341 g/mol. The average Bonchev–Trinajstić information content (AvgIpc) is 3.10. The van der Waals surface area contributed by atoms with Crippen LogP contribution in [0.25, 0.3) is 5.69 Å². The number of rotatable bonds is 4. The number of aromatic nitrogens is 2. The van der Waals surface area contributed by atoms with Gasteiger partial charge in [0, 0.05) is 44.4 Å². The third-order valence-corrected chi connectivity index (χ3v) is 4.61. The maximum absolute atomic E-state index is 12.6. The number of amides is 3. The minimum atomic E-state index is -0.410. The van der Waals surface area contributed by atoms with Crippen molar-refractivity contribution >= 4 is 11.9 Å². The minimum Gasteiger partial charge on any atom is -0.351 e. The van der Waals surface area contributed by atoms with Crippen molar-refractivity contribution in [2.24, 2.45) is 11.7 Å². The summed E-state index contributed by atoms with van der Waals surface area (Å²) in [4.78, 5) is 27.1. The number of para-hydroxylation sites is 1. The highest BCUT2D eigenvalue weighted by atomic mass is 16.2. The van der Waals surface area contributed by atoms with Gasteiger partial charge in [0.25, 0.3) is 0 Å². The molecule has 132 valence electrons. The van der Waals surface area contributed by atoms with Crippen molar-refractivity contribution in [3.8, 4) is 5.69 Å². The van der Waals surface area contributed by atoms with Crippen LogP contribution in [0.2, 0.25) is 0 Å². The molecule has 1 aromatic carbocycles. The van der Waals surface area contributed by atoms with Gasteiger partial charge in [-0.2, -0.15) is 5.10 Å². The average molecular weight is 341 g/mol. The first-order chi connectivity index (χ1) is 12.0. The molecule has 1 aromatic heterocycles. The molecule has 2 aromatic rings. The first-order valence-electron chi connectivity index (χ1n) is 8.43. The maximum atomic E-state index is 12.6. The molecule has 0 atom stereocenters. The number of nitrogens with two attached hydrogens (primary N) is 1. The topological polar surface area (TPSA) is 84.5 Å². The molecule has 0 bridgehead atoms. The van der Waals surface area contributed by atoms with E-state index in [9.17, 15) is 9.59 Å². The van der Waals surface area contributed by atoms with Crippen LogP contribution in [0, 0.1) is 5.92 Å². The Hall–Kier alpha value is -2.83. The molecule has 1 saturated heterocycles. The van der Waals surface area contributed by atoms with Gasteiger partial charge in [0.15, 0.2) is 0 Å². The summed E-state index contributed by atoms with van der Waals surface area (Å²) in [7, 11) is 1.81. The number of urea groups is 1. The lowest BCUT2D eigenvalue weighted by atomic mass is 9.95. The van der Waals surface area contributed by atoms with Gasteiger partial charge < -0.3 is 15.5 Å². The highest BCUT2D eigenvalue weighted by Gasteiger charge is 2.28. The number of hydrogen-bond acceptors (Lipinski definition) is 3. The van der Waals surface area contributed by atoms with Crippen molar-refractivity contribution in [2.45, 2.75) is 19.4 Å². The predicted octanol–water partition coefficient (Wildman–Crippen LogP) is 1.62. The van der Waals surface area contributed by atoms with Crippen LogP contribution >= 0.6 is 0 Å². The van der Waals surface area contributed by atoms with Gasteiger partial charge in [-0.1, -0.05) is 18.2 Å². The summed E-state index contributed by atoms with van der Waals surface area (Å²) in [5.41, 5.74) is 7.25. The van der Waals surface area contributed by atoms with Gasteiger partial charge in [-0.3, -0.25) is 4.79 Å². The van der Waals surface area contributed by atoms with Gasteiger partial charge in [-0.25, -0.2) is 9.48 Å². The second kappa shape index (κ2) is 7.38. The van der Waals surface area contributed by atoms with E-state index < -0.39 is 6.03 Å². The van der Waals surface area contributed by atoms with Crippen LogP contribution in [0.4, 0.5) is 4.79 Å². The van der Waals surface area contributed by atoms with Crippen LogP contribution in [0.1, 0.15) is 18.4 Å². The molecular weight excluding hydrogens is 318 g/mol. The van der Waals surface area contributed by atoms with Crippen LogP contribution in [-0.2, 0) is 11.3 Å². The van der Waals surface area contributed by atoms with E-state index in [1.807, 2.05) is 43.6 Å². The first-order valence-corrected chi connectivity index (χ1v) is 8.43. The van der Waals surface area contributed by atoms with E-state index >= 15 is 0 Å². The van der Waals surface area contributed by atoms with Crippen molar-refractivity contribution in [3.63, 3.8) is 0 Å². The second-order valence-corrected chi connectivity index (χ2v) is 6.42. The Morgan fingerprint density at radius 2 is 1.92 bits per heavy atom. The molecule has 0 aliphatic carbocycles. The number of hydrogen-bond donors (Lipinski definition) is 1. The molecule has 0 unspecified atom stereocenters. The molecule has 2 N–H and O–H groups in total. The second-order valence-electron chi connectivity index (χ2n) is 6.42. The van der Waals surface area contributed by atoms with E-state index in [2.05, 4.69) is 5.10 Å². The standard InChI is InChI=1S/C18H23N5O2/c1-21(17(24)15-7-9-22(10-8-15)18(19)25)12-14-11-20-23(13-14)16-5-3-2-4-6-16/h2-6,11,13,15H,7-10,12H2,1H3,(H2,19,25). The molecule has 7 heteroatoms. The Balaban J connectivity index is 1.57. The Kier molecular flexibility index (Phi) is 5.02. The number of likely N-dealkylation sites (tertiary alicyclic amines) is 1. The number of carbonyl (C=O) groups is 2. The lowest BCUT2D eigenvalue weighted by Crippen LogP contribution is -2.45. The van der Waals surface area contributed by atoms with E-state index in [0.717, 1.165) is 11.3 Å². The smallest absolute Gasteiger partial charge is 0.314 e. The van der Waals surface area contributed by atoms with E-state index in [4.69, 9.17) is 5.73 Å². The highest BCUT2D eigenvalue weighted by molar-refractivity contribution is 5.79. The van der Waals surface area contributed by atoms with Gasteiger partial charge in [0.05, 0.1) is 11.9 Å². The fourth-order valence-corrected chi connectivity index (χ4v) is 3.17. The lowest BCUT2D eigenvalue weighted by molar-refractivity contribution is -0.136. The van der Waals surface area contributed by atoms with Crippen LogP contribution in [0.15, 0.2) is 42.7 Å². The van der Waals surface area contributed by atoms with E-state index in [1.165, 1.54) is 0 Å². The molecule has 3 amide bonds. The normalized spacial score (nSPS) is 15.2. The van der Waals surface area contributed by atoms with Gasteiger partial charge in [0.1, 0.15) is 0 Å². The van der Waals surface area contributed by atoms with Crippen LogP contribution in [0.3, 0.4) is 0 Å². The summed E-state index contributed by atoms with van der Waals surface area (Å²) < 4.78 is 1.80. The molecule has 0 radical (unpaired) electrons. The Labute approximate surface area is 147 Å². The molecule has 7 nitrogen and oxygen atoms in total. The molecule has 2 heterocycles. The summed E-state index contributed by atoms with van der Waals surface area (Å²) in [6.45, 7) is 1.61. The summed E-state index contributed by atoms with van der Waals surface area (Å²) in [6.07, 6.45) is 5.05. The molecule has 0 spiro atoms. The largest absolute Gasteiger partial charge is 0.351 e. The molecule has 1 aliphatic rings. The fraction of sp³-hybridized carbons (Fsp3) is 0.389. The summed E-state index contributed by atoms with van der Waals surface area (Å²) >= 11 is 0. The van der Waals surface area contributed by atoms with Gasteiger partial charge in [-0.05, 0) is 25.0 Å². The van der Waals surface area contributed by atoms with Crippen molar-refractivity contribution in [1.82, 2.24) is 19.6 Å². The summed E-state index contributed by atoms with van der Waals surface area (Å²) in [5, 5.41) is 4.36. The maximum Gasteiger partial charge on any atom is 0.314 e. The van der Waals surface area contributed by atoms with Gasteiger partial charge in [-0.15, -0.1) is 0 Å². The Morgan fingerprint density at radius 1 is 1.24 bits per heavy atom. The van der Waals surface area contributed by atoms with Crippen molar-refractivity contribution in [3.05, 3.63) is 48.3 Å². The summed E-state index contributed by atoms with van der Waals surface area (Å²) in [5.74, 6) is 0.0568. The van der Waals surface area contributed by atoms with Gasteiger partial charge >= 0.3 is 6.03 Å². The van der Waals surface area contributed by atoms with E-state index in [-0.39, 0.29) is 11.8 Å². The molecule has 25 heavy (non-hydrogen) atoms. The zero-order valence-corrected chi connectivity index (χ0v) is 14.3. The molecular formula is C18H23N5O2. The van der Waals surface area contributed by atoms with Crippen LogP contribution in [0.5, 0.6) is 0 Å². The third-order valence-electron chi connectivity index (χ3n) is 4.61. The Bertz CT molecular complexity index is 735. The van der Waals surface area contributed by atoms with Gasteiger partial charge in [0.2, 0.25) is 5.91 Å². The highest BCUT2D eigenvalue weighted by Crippen LogP contribution is 2.20. The number of primary amides is 1. The van der Waals surface area contributed by atoms with E-state index in [0.29, 0.717) is 32.5 Å². The van der Waals surface area contributed by atoms with Crippen molar-refractivity contribution < 1.29 is 9.59 Å². The zero-order chi connectivity index (χ0) is 17.8. The van der Waals surface area contributed by atoms with Crippen molar-refractivity contribution in [2.75, 3.05) is 20.1 Å². The first kappa shape index (κ1) is 17.0. The number of carbonyl (C=O) groups excluding carboxylic acids is 2. The van der Waals surface area contributed by atoms with Crippen molar-refractivity contribution in [1.29, 1.82) is 0 Å². The van der Waals surface area contributed by atoms with Crippen LogP contribution in [-0.4, -0.2) is 51.7 Å². The lowest BCUT2D eigenvalue weighted by Gasteiger charge is -2.32. The zero-order valence-electron chi connectivity index (χ0n) is 14.3. The molecule has 1 aliphatic heterocycles. The number of benzene rings is 1. The number of piperidine rings is 1. The minimum absolute atomic E-state index is 0.0511. The predicted molar refractivity (Wildman–Crippen MR) is 93.9 cm³/mol. The number of nitrogens with zero attached hydrogens (tertiary/aromatic N) is 4. The quantitative estimate of drug-likeness (QED) is 0.917. The molecule has 0 saturated carbocycles. The fourth-order valence-electron chi connectivity index (χ4n) is 3.17. The SMILES string of the molecule is CN(Cc1cnn(-c2ccccc2)c1)C(=O)C1CCN(C(N)=O)CC1. The molecule has 3 rings (SSSR count). The third kappa shape index (κ3) is 3.99.